The third kappa shape index (κ3) is 3.21. The molecule has 2 N–H and O–H groups in total. The molecule has 16 heavy (non-hydrogen) atoms. The van der Waals surface area contributed by atoms with Crippen LogP contribution in [-0.2, 0) is 0 Å². The van der Waals surface area contributed by atoms with Gasteiger partial charge in [-0.05, 0) is 44.7 Å². The van der Waals surface area contributed by atoms with E-state index in [-0.39, 0.29) is 5.54 Å². The highest BCUT2D eigenvalue weighted by molar-refractivity contribution is 4.91. The highest BCUT2D eigenvalue weighted by atomic mass is 15.1. The van der Waals surface area contributed by atoms with E-state index in [4.69, 9.17) is 5.73 Å². The smallest absolute Gasteiger partial charge is 0.0283 e. The first-order valence-corrected chi connectivity index (χ1v) is 7.23. The Morgan fingerprint density at radius 3 is 2.31 bits per heavy atom. The van der Waals surface area contributed by atoms with Crippen LogP contribution in [0, 0.1) is 5.92 Å². The number of nitrogens with two attached hydrogens (primary N) is 1. The normalized spacial score (nSPS) is 28.1. The summed E-state index contributed by atoms with van der Waals surface area (Å²) in [7, 11) is 0. The van der Waals surface area contributed by atoms with Gasteiger partial charge in [0.15, 0.2) is 0 Å². The van der Waals surface area contributed by atoms with Crippen molar-refractivity contribution in [3.05, 3.63) is 0 Å². The molecule has 0 bridgehead atoms. The van der Waals surface area contributed by atoms with Gasteiger partial charge in [0, 0.05) is 12.1 Å². The van der Waals surface area contributed by atoms with Crippen LogP contribution >= 0.6 is 0 Å². The number of likely N-dealkylation sites (tertiary alicyclic amines) is 1. The van der Waals surface area contributed by atoms with Crippen LogP contribution in [0.25, 0.3) is 0 Å². The largest absolute Gasteiger partial charge is 0.324 e. The summed E-state index contributed by atoms with van der Waals surface area (Å²) in [6, 6.07) is 0. The van der Waals surface area contributed by atoms with Crippen molar-refractivity contribution in [2.75, 3.05) is 19.6 Å². The molecular formula is C14H28N2. The van der Waals surface area contributed by atoms with Gasteiger partial charge in [0.1, 0.15) is 0 Å². The Morgan fingerprint density at radius 1 is 1.12 bits per heavy atom. The Kier molecular flexibility index (Phi) is 4.26. The second kappa shape index (κ2) is 5.50. The van der Waals surface area contributed by atoms with Crippen LogP contribution in [0.2, 0.25) is 0 Å². The molecule has 0 aromatic heterocycles. The molecule has 1 heterocycles. The predicted molar refractivity (Wildman–Crippen MR) is 69.5 cm³/mol. The number of piperidine rings is 1. The minimum absolute atomic E-state index is 0.150. The maximum Gasteiger partial charge on any atom is 0.0283 e. The third-order valence-corrected chi connectivity index (χ3v) is 4.67. The lowest BCUT2D eigenvalue weighted by Crippen LogP contribution is -2.52. The minimum Gasteiger partial charge on any atom is -0.324 e. The van der Waals surface area contributed by atoms with Gasteiger partial charge >= 0.3 is 0 Å². The molecule has 1 saturated heterocycles. The number of rotatable bonds is 3. The van der Waals surface area contributed by atoms with E-state index in [1.165, 1.54) is 64.5 Å². The fraction of sp³-hybridized carbons (Fsp3) is 1.00. The van der Waals surface area contributed by atoms with Crippen LogP contribution < -0.4 is 5.73 Å². The van der Waals surface area contributed by atoms with E-state index in [9.17, 15) is 0 Å². The molecule has 2 rings (SSSR count). The quantitative estimate of drug-likeness (QED) is 0.798. The molecule has 2 nitrogen and oxygen atoms in total. The van der Waals surface area contributed by atoms with E-state index in [2.05, 4.69) is 11.8 Å². The molecule has 0 aromatic carbocycles. The fourth-order valence-electron chi connectivity index (χ4n) is 3.41. The van der Waals surface area contributed by atoms with Gasteiger partial charge in [-0.3, -0.25) is 0 Å². The van der Waals surface area contributed by atoms with Gasteiger partial charge in [-0.2, -0.15) is 0 Å². The molecule has 0 amide bonds. The summed E-state index contributed by atoms with van der Waals surface area (Å²) < 4.78 is 0. The zero-order valence-corrected chi connectivity index (χ0v) is 10.9. The average Bonchev–Trinajstić information content (AvgIpc) is 2.30. The van der Waals surface area contributed by atoms with Crippen LogP contribution in [0.15, 0.2) is 0 Å². The minimum atomic E-state index is 0.150. The van der Waals surface area contributed by atoms with E-state index in [0.29, 0.717) is 0 Å². The van der Waals surface area contributed by atoms with E-state index >= 15 is 0 Å². The number of hydrogen-bond donors (Lipinski definition) is 1. The molecule has 0 aromatic rings. The Bertz CT molecular complexity index is 201. The molecule has 94 valence electrons. The Balaban J connectivity index is 1.77. The highest BCUT2D eigenvalue weighted by Crippen LogP contribution is 2.28. The van der Waals surface area contributed by atoms with Crippen molar-refractivity contribution in [1.29, 1.82) is 0 Å². The lowest BCUT2D eigenvalue weighted by Gasteiger charge is -2.40. The highest BCUT2D eigenvalue weighted by Gasteiger charge is 2.30. The van der Waals surface area contributed by atoms with E-state index in [1.807, 2.05) is 0 Å². The summed E-state index contributed by atoms with van der Waals surface area (Å²) in [6.45, 7) is 6.06. The average molecular weight is 224 g/mol. The Hall–Kier alpha value is -0.0800. The zero-order chi connectivity index (χ0) is 11.4. The summed E-state index contributed by atoms with van der Waals surface area (Å²) in [5, 5.41) is 0. The number of nitrogens with zero attached hydrogens (tertiary/aromatic N) is 1. The van der Waals surface area contributed by atoms with Crippen LogP contribution in [-0.4, -0.2) is 30.1 Å². The predicted octanol–water partition coefficient (Wildman–Crippen LogP) is 2.77. The Morgan fingerprint density at radius 2 is 1.75 bits per heavy atom. The topological polar surface area (TPSA) is 29.3 Å². The summed E-state index contributed by atoms with van der Waals surface area (Å²) in [5.74, 6) is 0.983. The second-order valence-electron chi connectivity index (χ2n) is 6.05. The molecular weight excluding hydrogens is 196 g/mol. The van der Waals surface area contributed by atoms with Gasteiger partial charge in [-0.15, -0.1) is 0 Å². The van der Waals surface area contributed by atoms with Crippen LogP contribution in [0.5, 0.6) is 0 Å². The maximum atomic E-state index is 6.52. The maximum absolute atomic E-state index is 6.52. The standard InChI is InChI=1S/C14H28N2/c1-2-13-6-10-16(11-7-13)12-14(15)8-4-3-5-9-14/h13H,2-12,15H2,1H3. The van der Waals surface area contributed by atoms with Crippen LogP contribution in [0.3, 0.4) is 0 Å². The molecule has 0 atom stereocenters. The number of hydrogen-bond acceptors (Lipinski definition) is 2. The summed E-state index contributed by atoms with van der Waals surface area (Å²) in [4.78, 5) is 2.62. The second-order valence-corrected chi connectivity index (χ2v) is 6.05. The van der Waals surface area contributed by atoms with Gasteiger partial charge in [0.2, 0.25) is 0 Å². The van der Waals surface area contributed by atoms with Crippen LogP contribution in [0.1, 0.15) is 58.3 Å². The van der Waals surface area contributed by atoms with E-state index in [1.54, 1.807) is 0 Å². The molecule has 1 aliphatic carbocycles. The molecule has 1 aliphatic heterocycles. The summed E-state index contributed by atoms with van der Waals surface area (Å²) in [5.41, 5.74) is 6.67. The SMILES string of the molecule is CCC1CCN(CC2(N)CCCCC2)CC1. The van der Waals surface area contributed by atoms with E-state index < -0.39 is 0 Å². The van der Waals surface area contributed by atoms with Crippen molar-refractivity contribution in [2.45, 2.75) is 63.8 Å². The molecule has 2 heteroatoms. The first-order chi connectivity index (χ1) is 7.72. The van der Waals surface area contributed by atoms with Crippen molar-refractivity contribution in [2.24, 2.45) is 11.7 Å². The summed E-state index contributed by atoms with van der Waals surface area (Å²) >= 11 is 0. The Labute approximate surface area is 101 Å². The molecule has 2 aliphatic rings. The van der Waals surface area contributed by atoms with Crippen molar-refractivity contribution in [3.8, 4) is 0 Å². The van der Waals surface area contributed by atoms with Crippen molar-refractivity contribution in [3.63, 3.8) is 0 Å². The lowest BCUT2D eigenvalue weighted by atomic mass is 9.81. The zero-order valence-electron chi connectivity index (χ0n) is 10.9. The molecule has 1 saturated carbocycles. The lowest BCUT2D eigenvalue weighted by molar-refractivity contribution is 0.127. The first kappa shape index (κ1) is 12.4. The van der Waals surface area contributed by atoms with Crippen molar-refractivity contribution in [1.82, 2.24) is 4.90 Å². The molecule has 0 unspecified atom stereocenters. The molecule has 2 fully saturated rings. The van der Waals surface area contributed by atoms with Gasteiger partial charge in [0.25, 0.3) is 0 Å². The van der Waals surface area contributed by atoms with Gasteiger partial charge in [0.05, 0.1) is 0 Å². The fourth-order valence-corrected chi connectivity index (χ4v) is 3.41. The van der Waals surface area contributed by atoms with Gasteiger partial charge in [-0.25, -0.2) is 0 Å². The van der Waals surface area contributed by atoms with Gasteiger partial charge in [-0.1, -0.05) is 32.6 Å². The summed E-state index contributed by atoms with van der Waals surface area (Å²) in [6.07, 6.45) is 10.8. The third-order valence-electron chi connectivity index (χ3n) is 4.67. The monoisotopic (exact) mass is 224 g/mol. The van der Waals surface area contributed by atoms with E-state index in [0.717, 1.165) is 12.5 Å². The first-order valence-electron chi connectivity index (χ1n) is 7.23. The van der Waals surface area contributed by atoms with Gasteiger partial charge < -0.3 is 10.6 Å². The van der Waals surface area contributed by atoms with Crippen molar-refractivity contribution < 1.29 is 0 Å². The van der Waals surface area contributed by atoms with Crippen molar-refractivity contribution >= 4 is 0 Å². The molecule has 0 spiro atoms. The molecule has 0 radical (unpaired) electrons. The van der Waals surface area contributed by atoms with Crippen LogP contribution in [0.4, 0.5) is 0 Å².